The predicted octanol–water partition coefficient (Wildman–Crippen LogP) is 3.95. The third-order valence-electron chi connectivity index (χ3n) is 5.23. The highest BCUT2D eigenvalue weighted by atomic mass is 31.1. The van der Waals surface area contributed by atoms with E-state index in [0.29, 0.717) is 5.52 Å². The van der Waals surface area contributed by atoms with Gasteiger partial charge in [-0.15, -0.1) is 0 Å². The Kier molecular flexibility index (Phi) is 6.80. The van der Waals surface area contributed by atoms with Crippen molar-refractivity contribution in [2.75, 3.05) is 0 Å². The molecule has 3 atom stereocenters. The maximum absolute atomic E-state index is 13.2. The van der Waals surface area contributed by atoms with Gasteiger partial charge in [0.25, 0.3) is 0 Å². The molecular formula is C24H23FNO5P. The van der Waals surface area contributed by atoms with Gasteiger partial charge in [-0.1, -0.05) is 50.0 Å². The Hall–Kier alpha value is -3.04. The summed E-state index contributed by atoms with van der Waals surface area (Å²) in [5.41, 5.74) is -1.71. The zero-order valence-electron chi connectivity index (χ0n) is 17.5. The highest BCUT2D eigenvalue weighted by molar-refractivity contribution is 7.42. The summed E-state index contributed by atoms with van der Waals surface area (Å²) in [5, 5.41) is 20.0. The first-order valence-electron chi connectivity index (χ1n) is 9.94. The number of pyridine rings is 1. The lowest BCUT2D eigenvalue weighted by Gasteiger charge is -2.39. The second kappa shape index (κ2) is 9.22. The number of aliphatic carboxylic acids is 1. The van der Waals surface area contributed by atoms with Crippen LogP contribution in [0.15, 0.2) is 60.7 Å². The van der Waals surface area contributed by atoms with Crippen LogP contribution >= 0.6 is 8.03 Å². The topological polar surface area (TPSA) is 108 Å². The number of rotatable bonds is 6. The molecule has 3 unspecified atom stereocenters. The van der Waals surface area contributed by atoms with Crippen molar-refractivity contribution in [2.45, 2.75) is 31.0 Å². The summed E-state index contributed by atoms with van der Waals surface area (Å²) in [4.78, 5) is 27.2. The van der Waals surface area contributed by atoms with Crippen molar-refractivity contribution >= 4 is 24.9 Å². The van der Waals surface area contributed by atoms with Crippen LogP contribution in [-0.4, -0.2) is 31.2 Å². The standard InChI is InChI=1S/C24H23FNO5P/c1-16(2)15-23(29,21-12-9-18-5-3-4-6-20(18)26-21)24(22(27)28,32(30)31)14-13-17-7-10-19(25)11-8-17/h3-12,16,29,32H,15H2,1-2H3,(H,27,28)(H,30,31). The van der Waals surface area contributed by atoms with E-state index in [1.807, 2.05) is 6.07 Å². The minimum absolute atomic E-state index is 0.0619. The van der Waals surface area contributed by atoms with Gasteiger partial charge < -0.3 is 15.1 Å². The summed E-state index contributed by atoms with van der Waals surface area (Å²) in [6.07, 6.45) is -0.181. The number of carboxylic acids is 1. The van der Waals surface area contributed by atoms with Crippen LogP contribution in [0.25, 0.3) is 10.9 Å². The molecular weight excluding hydrogens is 432 g/mol. The van der Waals surface area contributed by atoms with Crippen molar-refractivity contribution in [2.24, 2.45) is 5.92 Å². The fourth-order valence-corrected chi connectivity index (χ4v) is 4.63. The van der Waals surface area contributed by atoms with E-state index in [4.69, 9.17) is 0 Å². The first kappa shape index (κ1) is 23.6. The van der Waals surface area contributed by atoms with E-state index in [-0.39, 0.29) is 23.6 Å². The molecule has 0 aliphatic carbocycles. The average molecular weight is 455 g/mol. The number of benzene rings is 2. The van der Waals surface area contributed by atoms with Crippen molar-refractivity contribution < 1.29 is 28.9 Å². The summed E-state index contributed by atoms with van der Waals surface area (Å²) >= 11 is 0. The molecule has 1 heterocycles. The monoisotopic (exact) mass is 455 g/mol. The molecule has 166 valence electrons. The normalized spacial score (nSPS) is 15.9. The largest absolute Gasteiger partial charge is 0.480 e. The molecule has 3 N–H and O–H groups in total. The van der Waals surface area contributed by atoms with E-state index in [1.165, 1.54) is 18.2 Å². The quantitative estimate of drug-likeness (QED) is 0.384. The molecule has 8 heteroatoms. The number of nitrogens with zero attached hydrogens (tertiary/aromatic N) is 1. The number of aromatic nitrogens is 1. The number of hydrogen-bond acceptors (Lipinski definition) is 4. The number of carboxylic acid groups (broad SMARTS) is 1. The molecule has 0 aliphatic heterocycles. The maximum Gasteiger partial charge on any atom is 0.335 e. The van der Waals surface area contributed by atoms with Crippen LogP contribution in [0.2, 0.25) is 0 Å². The molecule has 0 amide bonds. The Morgan fingerprint density at radius 3 is 2.38 bits per heavy atom. The second-order valence-corrected chi connectivity index (χ2v) is 9.32. The smallest absolute Gasteiger partial charge is 0.335 e. The summed E-state index contributed by atoms with van der Waals surface area (Å²) < 4.78 is 25.9. The van der Waals surface area contributed by atoms with Crippen molar-refractivity contribution in [1.82, 2.24) is 4.98 Å². The van der Waals surface area contributed by atoms with E-state index in [0.717, 1.165) is 17.5 Å². The van der Waals surface area contributed by atoms with Gasteiger partial charge in [0.1, 0.15) is 11.4 Å². The van der Waals surface area contributed by atoms with E-state index in [2.05, 4.69) is 16.8 Å². The van der Waals surface area contributed by atoms with Crippen LogP contribution < -0.4 is 0 Å². The van der Waals surface area contributed by atoms with Crippen molar-refractivity contribution in [1.29, 1.82) is 0 Å². The molecule has 3 aromatic rings. The second-order valence-electron chi connectivity index (χ2n) is 7.96. The Labute approximate surface area is 185 Å². The van der Waals surface area contributed by atoms with Crippen LogP contribution in [0.1, 0.15) is 31.5 Å². The number of fused-ring (bicyclic) bond motifs is 1. The lowest BCUT2D eigenvalue weighted by Crippen LogP contribution is -2.55. The fraction of sp³-hybridized carbons (Fsp3) is 0.250. The molecule has 0 bridgehead atoms. The third-order valence-corrected chi connectivity index (χ3v) is 6.62. The summed E-state index contributed by atoms with van der Waals surface area (Å²) in [5.74, 6) is 2.41. The highest BCUT2D eigenvalue weighted by Gasteiger charge is 2.61. The molecule has 2 aromatic carbocycles. The molecule has 0 spiro atoms. The first-order chi connectivity index (χ1) is 15.1. The number of aliphatic hydroxyl groups is 1. The Morgan fingerprint density at radius 1 is 1.12 bits per heavy atom. The van der Waals surface area contributed by atoms with E-state index >= 15 is 0 Å². The van der Waals surface area contributed by atoms with Gasteiger partial charge in [0.15, 0.2) is 0 Å². The Bertz CT molecular complexity index is 1220. The summed E-state index contributed by atoms with van der Waals surface area (Å²) in [6, 6.07) is 15.1. The third kappa shape index (κ3) is 4.31. The van der Waals surface area contributed by atoms with Gasteiger partial charge >= 0.3 is 5.97 Å². The van der Waals surface area contributed by atoms with Crippen LogP contribution in [0.3, 0.4) is 0 Å². The van der Waals surface area contributed by atoms with Crippen LogP contribution in [0, 0.1) is 23.6 Å². The number of carbonyl (C=O) groups is 1. The predicted molar refractivity (Wildman–Crippen MR) is 120 cm³/mol. The van der Waals surface area contributed by atoms with Crippen LogP contribution in [0.4, 0.5) is 4.39 Å². The molecule has 0 fully saturated rings. The molecule has 0 saturated heterocycles. The summed E-state index contributed by atoms with van der Waals surface area (Å²) in [6.45, 7) is 3.50. The average Bonchev–Trinajstić information content (AvgIpc) is 2.74. The van der Waals surface area contributed by atoms with Crippen molar-refractivity contribution in [3.05, 3.63) is 77.7 Å². The van der Waals surface area contributed by atoms with Gasteiger partial charge in [-0.3, -0.25) is 4.57 Å². The zero-order valence-corrected chi connectivity index (χ0v) is 18.5. The number of hydrogen-bond donors (Lipinski definition) is 3. The van der Waals surface area contributed by atoms with Crippen molar-refractivity contribution in [3.8, 4) is 11.8 Å². The molecule has 3 rings (SSSR count). The molecule has 1 aromatic heterocycles. The Morgan fingerprint density at radius 2 is 1.78 bits per heavy atom. The maximum atomic E-state index is 13.2. The number of para-hydroxylation sites is 1. The number of halogens is 1. The SMILES string of the molecule is CC(C)CC(O)(c1ccc2ccccc2n1)C(C#Cc1ccc(F)cc1)(C(=O)O)[PH](=O)O. The fourth-order valence-electron chi connectivity index (χ4n) is 3.69. The lowest BCUT2D eigenvalue weighted by atomic mass is 9.77. The van der Waals surface area contributed by atoms with Gasteiger partial charge in [-0.05, 0) is 48.7 Å². The van der Waals surface area contributed by atoms with E-state index < -0.39 is 30.6 Å². The van der Waals surface area contributed by atoms with E-state index in [1.54, 1.807) is 38.1 Å². The lowest BCUT2D eigenvalue weighted by molar-refractivity contribution is -0.147. The van der Waals surface area contributed by atoms with Crippen molar-refractivity contribution in [3.63, 3.8) is 0 Å². The Balaban J connectivity index is 2.30. The molecule has 0 radical (unpaired) electrons. The molecule has 0 saturated carbocycles. The highest BCUT2D eigenvalue weighted by Crippen LogP contribution is 2.51. The van der Waals surface area contributed by atoms with Crippen LogP contribution in [-0.2, 0) is 15.0 Å². The van der Waals surface area contributed by atoms with Gasteiger partial charge in [-0.2, -0.15) is 0 Å². The molecule has 6 nitrogen and oxygen atoms in total. The zero-order chi connectivity index (χ0) is 23.5. The van der Waals surface area contributed by atoms with Crippen LogP contribution in [0.5, 0.6) is 0 Å². The minimum atomic E-state index is -4.00. The van der Waals surface area contributed by atoms with Gasteiger partial charge in [0.2, 0.25) is 13.2 Å². The summed E-state index contributed by atoms with van der Waals surface area (Å²) in [7, 11) is -4.00. The van der Waals surface area contributed by atoms with Gasteiger partial charge in [-0.25, -0.2) is 14.2 Å². The van der Waals surface area contributed by atoms with Gasteiger partial charge in [0, 0.05) is 10.9 Å². The minimum Gasteiger partial charge on any atom is -0.480 e. The first-order valence-corrected chi connectivity index (χ1v) is 11.3. The molecule has 0 aliphatic rings. The molecule has 32 heavy (non-hydrogen) atoms. The van der Waals surface area contributed by atoms with E-state index in [9.17, 15) is 28.9 Å². The van der Waals surface area contributed by atoms with Gasteiger partial charge in [0.05, 0.1) is 11.2 Å².